The fourth-order valence-electron chi connectivity index (χ4n) is 2.46. The molecule has 27 heavy (non-hydrogen) atoms. The minimum atomic E-state index is -0.105. The Morgan fingerprint density at radius 3 is 2.74 bits per heavy atom. The minimum Gasteiger partial charge on any atom is -0.302 e. The van der Waals surface area contributed by atoms with Crippen LogP contribution in [0.3, 0.4) is 0 Å². The standard InChI is InChI=1S/C19H21N5OS2/c1-4-10-24-16(11-15-8-6-5-7-9-15)22-23-19(24)26-12-17(25)21-18-20-13(2)14(3)27-18/h4-9H,1,10-12H2,2-3H3,(H,20,21,25). The SMILES string of the molecule is C=CCn1c(Cc2ccccc2)nnc1SCC(=O)Nc1nc(C)c(C)s1. The first-order valence-corrected chi connectivity index (χ1v) is 10.3. The number of hydrogen-bond acceptors (Lipinski definition) is 6. The van der Waals surface area contributed by atoms with E-state index in [0.717, 1.165) is 16.4 Å². The molecule has 0 spiro atoms. The first kappa shape index (κ1) is 19.3. The van der Waals surface area contributed by atoms with E-state index >= 15 is 0 Å². The molecule has 1 amide bonds. The van der Waals surface area contributed by atoms with Crippen molar-refractivity contribution in [2.45, 2.75) is 32.0 Å². The molecule has 0 bridgehead atoms. The van der Waals surface area contributed by atoms with Gasteiger partial charge in [-0.05, 0) is 19.4 Å². The molecular weight excluding hydrogens is 378 g/mol. The fourth-order valence-corrected chi connectivity index (χ4v) is 4.06. The Labute approximate surface area is 166 Å². The predicted molar refractivity (Wildman–Crippen MR) is 110 cm³/mol. The topological polar surface area (TPSA) is 72.7 Å². The van der Waals surface area contributed by atoms with E-state index in [1.807, 2.05) is 42.7 Å². The van der Waals surface area contributed by atoms with Crippen molar-refractivity contribution in [1.29, 1.82) is 0 Å². The Morgan fingerprint density at radius 2 is 2.07 bits per heavy atom. The van der Waals surface area contributed by atoms with E-state index < -0.39 is 0 Å². The summed E-state index contributed by atoms with van der Waals surface area (Å²) < 4.78 is 2.00. The molecule has 0 aliphatic heterocycles. The number of nitrogens with one attached hydrogen (secondary N) is 1. The summed E-state index contributed by atoms with van der Waals surface area (Å²) in [6.45, 7) is 8.34. The zero-order valence-corrected chi connectivity index (χ0v) is 16.9. The zero-order valence-electron chi connectivity index (χ0n) is 15.3. The van der Waals surface area contributed by atoms with Crippen molar-refractivity contribution in [3.8, 4) is 0 Å². The van der Waals surface area contributed by atoms with Gasteiger partial charge in [-0.15, -0.1) is 28.1 Å². The van der Waals surface area contributed by atoms with E-state index in [2.05, 4.69) is 39.2 Å². The molecule has 2 aromatic heterocycles. The van der Waals surface area contributed by atoms with Crippen LogP contribution in [-0.4, -0.2) is 31.4 Å². The van der Waals surface area contributed by atoms with Gasteiger partial charge in [-0.25, -0.2) is 4.98 Å². The van der Waals surface area contributed by atoms with E-state index in [-0.39, 0.29) is 11.7 Å². The highest BCUT2D eigenvalue weighted by Crippen LogP contribution is 2.23. The maximum absolute atomic E-state index is 12.2. The van der Waals surface area contributed by atoms with E-state index in [1.54, 1.807) is 0 Å². The van der Waals surface area contributed by atoms with Crippen molar-refractivity contribution in [3.05, 3.63) is 64.9 Å². The maximum Gasteiger partial charge on any atom is 0.236 e. The molecule has 6 nitrogen and oxygen atoms in total. The van der Waals surface area contributed by atoms with Gasteiger partial charge in [0.15, 0.2) is 10.3 Å². The third-order valence-electron chi connectivity index (χ3n) is 3.92. The van der Waals surface area contributed by atoms with E-state index in [0.29, 0.717) is 23.3 Å². The van der Waals surface area contributed by atoms with Gasteiger partial charge < -0.3 is 9.88 Å². The smallest absolute Gasteiger partial charge is 0.236 e. The number of carbonyl (C=O) groups excluding carboxylic acids is 1. The Bertz CT molecular complexity index is 913. The van der Waals surface area contributed by atoms with Crippen LogP contribution in [0.5, 0.6) is 0 Å². The van der Waals surface area contributed by atoms with Gasteiger partial charge in [0, 0.05) is 17.8 Å². The lowest BCUT2D eigenvalue weighted by molar-refractivity contribution is -0.113. The van der Waals surface area contributed by atoms with Crippen LogP contribution in [0.4, 0.5) is 5.13 Å². The number of benzene rings is 1. The molecule has 0 fully saturated rings. The number of aromatic nitrogens is 4. The lowest BCUT2D eigenvalue weighted by Gasteiger charge is -2.07. The second-order valence-electron chi connectivity index (χ2n) is 5.96. The summed E-state index contributed by atoms with van der Waals surface area (Å²) in [7, 11) is 0. The Hall–Kier alpha value is -2.45. The van der Waals surface area contributed by atoms with Gasteiger partial charge in [0.25, 0.3) is 0 Å². The number of carbonyl (C=O) groups is 1. The van der Waals surface area contributed by atoms with Crippen LogP contribution in [0.25, 0.3) is 0 Å². The molecule has 0 radical (unpaired) electrons. The summed E-state index contributed by atoms with van der Waals surface area (Å²) in [6.07, 6.45) is 2.50. The van der Waals surface area contributed by atoms with Crippen LogP contribution in [0.2, 0.25) is 0 Å². The van der Waals surface area contributed by atoms with Crippen molar-refractivity contribution in [2.24, 2.45) is 0 Å². The summed E-state index contributed by atoms with van der Waals surface area (Å²) in [5.74, 6) is 1.000. The molecule has 0 aliphatic rings. The second-order valence-corrected chi connectivity index (χ2v) is 8.10. The van der Waals surface area contributed by atoms with Crippen LogP contribution in [-0.2, 0) is 17.8 Å². The van der Waals surface area contributed by atoms with Gasteiger partial charge in [-0.3, -0.25) is 4.79 Å². The molecular formula is C19H21N5OS2. The molecule has 0 saturated heterocycles. The highest BCUT2D eigenvalue weighted by molar-refractivity contribution is 7.99. The van der Waals surface area contributed by atoms with Crippen molar-refractivity contribution in [1.82, 2.24) is 19.7 Å². The molecule has 140 valence electrons. The average molecular weight is 400 g/mol. The Morgan fingerprint density at radius 1 is 1.30 bits per heavy atom. The molecule has 0 atom stereocenters. The van der Waals surface area contributed by atoms with Crippen LogP contribution in [0, 0.1) is 13.8 Å². The third-order valence-corrected chi connectivity index (χ3v) is 5.87. The molecule has 2 heterocycles. The number of thiazole rings is 1. The summed E-state index contributed by atoms with van der Waals surface area (Å²) in [5, 5.41) is 12.8. The van der Waals surface area contributed by atoms with Crippen molar-refractivity contribution in [2.75, 3.05) is 11.1 Å². The normalized spacial score (nSPS) is 10.7. The third kappa shape index (κ3) is 5.05. The Balaban J connectivity index is 1.65. The summed E-state index contributed by atoms with van der Waals surface area (Å²) in [4.78, 5) is 17.7. The number of thioether (sulfide) groups is 1. The summed E-state index contributed by atoms with van der Waals surface area (Å²) >= 11 is 2.85. The highest BCUT2D eigenvalue weighted by atomic mass is 32.2. The number of allylic oxidation sites excluding steroid dienone is 1. The maximum atomic E-state index is 12.2. The Kier molecular flexibility index (Phi) is 6.41. The molecule has 0 unspecified atom stereocenters. The molecule has 0 aliphatic carbocycles. The first-order chi connectivity index (χ1) is 13.1. The van der Waals surface area contributed by atoms with E-state index in [9.17, 15) is 4.79 Å². The van der Waals surface area contributed by atoms with Crippen molar-refractivity contribution >= 4 is 34.1 Å². The fraction of sp³-hybridized carbons (Fsp3) is 0.263. The lowest BCUT2D eigenvalue weighted by atomic mass is 10.1. The quantitative estimate of drug-likeness (QED) is 0.460. The van der Waals surface area contributed by atoms with Gasteiger partial charge in [-0.2, -0.15) is 0 Å². The number of amides is 1. The summed E-state index contributed by atoms with van der Waals surface area (Å²) in [5.41, 5.74) is 2.11. The molecule has 1 N–H and O–H groups in total. The minimum absolute atomic E-state index is 0.105. The van der Waals surface area contributed by atoms with Crippen molar-refractivity contribution in [3.63, 3.8) is 0 Å². The predicted octanol–water partition coefficient (Wildman–Crippen LogP) is 3.86. The first-order valence-electron chi connectivity index (χ1n) is 8.50. The highest BCUT2D eigenvalue weighted by Gasteiger charge is 2.15. The van der Waals surface area contributed by atoms with Crippen LogP contribution in [0.15, 0.2) is 48.1 Å². The van der Waals surface area contributed by atoms with Crippen LogP contribution < -0.4 is 5.32 Å². The van der Waals surface area contributed by atoms with Gasteiger partial charge in [0.2, 0.25) is 5.91 Å². The number of rotatable bonds is 8. The number of aryl methyl sites for hydroxylation is 2. The van der Waals surface area contributed by atoms with Gasteiger partial charge in [0.1, 0.15) is 5.82 Å². The van der Waals surface area contributed by atoms with E-state index in [1.165, 1.54) is 28.7 Å². The monoisotopic (exact) mass is 399 g/mol. The van der Waals surface area contributed by atoms with Gasteiger partial charge in [0.05, 0.1) is 11.4 Å². The zero-order chi connectivity index (χ0) is 19.2. The molecule has 3 aromatic rings. The lowest BCUT2D eigenvalue weighted by Crippen LogP contribution is -2.14. The molecule has 3 rings (SSSR count). The summed E-state index contributed by atoms with van der Waals surface area (Å²) in [6, 6.07) is 10.1. The van der Waals surface area contributed by atoms with Crippen LogP contribution >= 0.6 is 23.1 Å². The number of anilines is 1. The van der Waals surface area contributed by atoms with Crippen molar-refractivity contribution < 1.29 is 4.79 Å². The molecule has 1 aromatic carbocycles. The van der Waals surface area contributed by atoms with Gasteiger partial charge >= 0.3 is 0 Å². The van der Waals surface area contributed by atoms with Gasteiger partial charge in [-0.1, -0.05) is 48.2 Å². The van der Waals surface area contributed by atoms with E-state index in [4.69, 9.17) is 0 Å². The number of nitrogens with zero attached hydrogens (tertiary/aromatic N) is 4. The van der Waals surface area contributed by atoms with Crippen LogP contribution in [0.1, 0.15) is 22.0 Å². The number of hydrogen-bond donors (Lipinski definition) is 1. The molecule has 8 heteroatoms. The largest absolute Gasteiger partial charge is 0.302 e. The second kappa shape index (κ2) is 8.96. The molecule has 0 saturated carbocycles. The average Bonchev–Trinajstić information content (AvgIpc) is 3.17.